The highest BCUT2D eigenvalue weighted by atomic mass is 79.9. The minimum Gasteiger partial charge on any atom is -0.292 e. The third kappa shape index (κ3) is 6.13. The van der Waals surface area contributed by atoms with E-state index in [1.165, 1.54) is 24.4 Å². The second kappa shape index (κ2) is 8.95. The molecule has 2 atom stereocenters. The molecule has 0 saturated heterocycles. The second-order valence-electron chi connectivity index (χ2n) is 6.72. The van der Waals surface area contributed by atoms with E-state index in [0.29, 0.717) is 17.3 Å². The molecule has 146 valence electrons. The van der Waals surface area contributed by atoms with Crippen LogP contribution in [0.1, 0.15) is 43.6 Å². The van der Waals surface area contributed by atoms with Crippen LogP contribution in [-0.2, 0) is 0 Å². The summed E-state index contributed by atoms with van der Waals surface area (Å²) in [6.45, 7) is 3.70. The number of carbonyl (C=O) groups excluding carboxylic acids is 1. The maximum absolute atomic E-state index is 13.8. The van der Waals surface area contributed by atoms with Gasteiger partial charge in [0, 0.05) is 17.1 Å². The number of hydrogen-bond donors (Lipinski definition) is 0. The molecule has 0 radical (unpaired) electrons. The van der Waals surface area contributed by atoms with Gasteiger partial charge >= 0.3 is 6.18 Å². The van der Waals surface area contributed by atoms with E-state index in [2.05, 4.69) is 20.9 Å². The largest absolute Gasteiger partial charge is 0.416 e. The quantitative estimate of drug-likeness (QED) is 0.377. The van der Waals surface area contributed by atoms with Gasteiger partial charge in [-0.25, -0.2) is 9.37 Å². The van der Waals surface area contributed by atoms with Crippen LogP contribution < -0.4 is 0 Å². The summed E-state index contributed by atoms with van der Waals surface area (Å²) in [6.07, 6.45) is 3.38. The third-order valence-electron chi connectivity index (χ3n) is 4.41. The lowest BCUT2D eigenvalue weighted by atomic mass is 9.88. The number of pyridine rings is 1. The van der Waals surface area contributed by atoms with E-state index in [1.807, 2.05) is 19.9 Å². The van der Waals surface area contributed by atoms with Gasteiger partial charge in [0.15, 0.2) is 11.6 Å². The monoisotopic (exact) mass is 445 g/mol. The summed E-state index contributed by atoms with van der Waals surface area (Å²) in [5.41, 5.74) is -0.137. The Hall–Kier alpha value is -1.76. The minimum atomic E-state index is -4.39. The molecule has 1 aliphatic carbocycles. The van der Waals surface area contributed by atoms with Crippen LogP contribution in [0.5, 0.6) is 0 Å². The molecule has 1 aromatic rings. The Bertz CT molecular complexity index is 796. The topological polar surface area (TPSA) is 30.0 Å². The molecule has 0 fully saturated rings. The summed E-state index contributed by atoms with van der Waals surface area (Å²) in [5, 5.41) is 0. The van der Waals surface area contributed by atoms with Gasteiger partial charge in [0.05, 0.1) is 5.57 Å². The van der Waals surface area contributed by atoms with Gasteiger partial charge < -0.3 is 0 Å². The van der Waals surface area contributed by atoms with Crippen molar-refractivity contribution >= 4 is 21.7 Å². The van der Waals surface area contributed by atoms with Crippen molar-refractivity contribution in [3.63, 3.8) is 0 Å². The van der Waals surface area contributed by atoms with Gasteiger partial charge in [-0.05, 0) is 52.2 Å². The lowest BCUT2D eigenvalue weighted by molar-refractivity contribution is -0.0884. The van der Waals surface area contributed by atoms with Crippen molar-refractivity contribution < 1.29 is 22.4 Å². The van der Waals surface area contributed by atoms with Crippen LogP contribution in [0.3, 0.4) is 0 Å². The van der Waals surface area contributed by atoms with Crippen LogP contribution in [-0.4, -0.2) is 16.9 Å². The van der Waals surface area contributed by atoms with Crippen molar-refractivity contribution in [3.8, 4) is 0 Å². The maximum atomic E-state index is 13.8. The summed E-state index contributed by atoms with van der Waals surface area (Å²) < 4.78 is 53.2. The summed E-state index contributed by atoms with van der Waals surface area (Å²) in [6, 6.07) is 1.18. The molecule has 0 amide bonds. The Labute approximate surface area is 164 Å². The zero-order valence-electron chi connectivity index (χ0n) is 15.0. The fourth-order valence-electron chi connectivity index (χ4n) is 2.81. The summed E-state index contributed by atoms with van der Waals surface area (Å²) in [7, 11) is 0. The molecule has 1 unspecified atom stereocenters. The first-order chi connectivity index (χ1) is 12.6. The Kier molecular flexibility index (Phi) is 7.14. The van der Waals surface area contributed by atoms with Crippen LogP contribution in [0.25, 0.3) is 0 Å². The molecule has 2 nitrogen and oxygen atoms in total. The number of nitrogens with zero attached hydrogens (tertiary/aromatic N) is 1. The van der Waals surface area contributed by atoms with Crippen molar-refractivity contribution in [2.75, 3.05) is 0 Å². The number of Topliss-reactive ketones (excluding diaryl/α,β-unsaturated/α-hetero) is 1. The Morgan fingerprint density at radius 2 is 2.07 bits per heavy atom. The lowest BCUT2D eigenvalue weighted by Gasteiger charge is -2.18. The molecule has 7 heteroatoms. The van der Waals surface area contributed by atoms with Gasteiger partial charge in [0.1, 0.15) is 5.69 Å². The molecule has 0 aliphatic heterocycles. The van der Waals surface area contributed by atoms with Crippen LogP contribution in [0, 0.1) is 17.7 Å². The first-order valence-electron chi connectivity index (χ1n) is 8.59. The SMILES string of the molecule is CC1\C=C([C@H](C)CCC(=O)c2ncc(Br)cc2F)/C=C\C(C(F)(F)F)=C\C1. The molecule has 0 saturated carbocycles. The highest BCUT2D eigenvalue weighted by Crippen LogP contribution is 2.31. The third-order valence-corrected chi connectivity index (χ3v) is 4.85. The first-order valence-corrected chi connectivity index (χ1v) is 9.38. The molecule has 0 aromatic carbocycles. The molecule has 1 aromatic heterocycles. The van der Waals surface area contributed by atoms with Gasteiger partial charge in [-0.15, -0.1) is 0 Å². The first kappa shape index (κ1) is 21.5. The minimum absolute atomic E-state index is 0.0500. The Morgan fingerprint density at radius 3 is 2.70 bits per heavy atom. The maximum Gasteiger partial charge on any atom is 0.416 e. The van der Waals surface area contributed by atoms with Crippen LogP contribution >= 0.6 is 15.9 Å². The van der Waals surface area contributed by atoms with Gasteiger partial charge in [-0.2, -0.15) is 13.2 Å². The molecule has 0 spiro atoms. The number of ketones is 1. The molecule has 0 bridgehead atoms. The number of carbonyl (C=O) groups is 1. The fourth-order valence-corrected chi connectivity index (χ4v) is 3.11. The molecule has 2 rings (SSSR count). The lowest BCUT2D eigenvalue weighted by Crippen LogP contribution is -2.12. The molecule has 1 heterocycles. The normalized spacial score (nSPS) is 24.0. The van der Waals surface area contributed by atoms with Gasteiger partial charge in [0.2, 0.25) is 0 Å². The van der Waals surface area contributed by atoms with Gasteiger partial charge in [0.25, 0.3) is 0 Å². The van der Waals surface area contributed by atoms with Crippen molar-refractivity contribution in [3.05, 3.63) is 63.7 Å². The van der Waals surface area contributed by atoms with E-state index in [9.17, 15) is 22.4 Å². The number of allylic oxidation sites excluding steroid dienone is 6. The molecule has 1 aliphatic rings. The summed E-state index contributed by atoms with van der Waals surface area (Å²) in [4.78, 5) is 16.0. The second-order valence-corrected chi connectivity index (χ2v) is 7.63. The molecule has 0 N–H and O–H groups in total. The smallest absolute Gasteiger partial charge is 0.292 e. The summed E-state index contributed by atoms with van der Waals surface area (Å²) >= 11 is 3.08. The van der Waals surface area contributed by atoms with Crippen molar-refractivity contribution in [2.45, 2.75) is 39.3 Å². The number of alkyl halides is 3. The zero-order chi connectivity index (χ0) is 20.2. The Morgan fingerprint density at radius 1 is 1.37 bits per heavy atom. The number of aromatic nitrogens is 1. The van der Waals surface area contributed by atoms with E-state index in [0.717, 1.165) is 11.6 Å². The Balaban J connectivity index is 2.08. The highest BCUT2D eigenvalue weighted by Gasteiger charge is 2.32. The average Bonchev–Trinajstić information content (AvgIpc) is 2.54. The van der Waals surface area contributed by atoms with E-state index < -0.39 is 23.3 Å². The highest BCUT2D eigenvalue weighted by molar-refractivity contribution is 9.10. The van der Waals surface area contributed by atoms with Gasteiger partial charge in [-0.3, -0.25) is 4.79 Å². The predicted molar refractivity (Wildman–Crippen MR) is 99.8 cm³/mol. The fraction of sp³-hybridized carbons (Fsp3) is 0.400. The average molecular weight is 446 g/mol. The number of hydrogen-bond acceptors (Lipinski definition) is 2. The van der Waals surface area contributed by atoms with Crippen LogP contribution in [0.15, 0.2) is 52.2 Å². The van der Waals surface area contributed by atoms with Crippen LogP contribution in [0.4, 0.5) is 17.6 Å². The summed E-state index contributed by atoms with van der Waals surface area (Å²) in [5.74, 6) is -1.31. The number of halogens is 5. The predicted octanol–water partition coefficient (Wildman–Crippen LogP) is 6.59. The van der Waals surface area contributed by atoms with E-state index in [-0.39, 0.29) is 24.0 Å². The molecular formula is C20H20BrF4NO. The van der Waals surface area contributed by atoms with Crippen molar-refractivity contribution in [1.82, 2.24) is 4.98 Å². The number of rotatable bonds is 5. The molecular weight excluding hydrogens is 426 g/mol. The van der Waals surface area contributed by atoms with Crippen molar-refractivity contribution in [1.29, 1.82) is 0 Å². The zero-order valence-corrected chi connectivity index (χ0v) is 16.6. The molecule has 27 heavy (non-hydrogen) atoms. The van der Waals surface area contributed by atoms with Gasteiger partial charge in [-0.1, -0.05) is 38.2 Å². The van der Waals surface area contributed by atoms with E-state index in [1.54, 1.807) is 0 Å². The van der Waals surface area contributed by atoms with E-state index >= 15 is 0 Å². The van der Waals surface area contributed by atoms with E-state index in [4.69, 9.17) is 0 Å². The standard InChI is InChI=1S/C20H20BrF4NO/c1-12-3-6-15(20(23,24)25)7-5-14(9-12)13(2)4-8-18(27)19-17(22)10-16(21)11-26-19/h5-7,9-13H,3-4,8H2,1-2H3/b7-5-,14-9+,15-6-/t12?,13-/m1/s1. The van der Waals surface area contributed by atoms with Crippen molar-refractivity contribution in [2.24, 2.45) is 11.8 Å². The van der Waals surface area contributed by atoms with Crippen LogP contribution in [0.2, 0.25) is 0 Å².